The van der Waals surface area contributed by atoms with Crippen molar-refractivity contribution in [1.82, 2.24) is 0 Å². The lowest BCUT2D eigenvalue weighted by atomic mass is 10.0. The van der Waals surface area contributed by atoms with Crippen LogP contribution in [-0.4, -0.2) is 74.9 Å². The lowest BCUT2D eigenvalue weighted by molar-refractivity contribution is -0.870. The van der Waals surface area contributed by atoms with E-state index in [2.05, 4.69) is 50.3 Å². The fraction of sp³-hybridized carbons (Fsp3) is 0.869. The summed E-state index contributed by atoms with van der Waals surface area (Å²) in [5.74, 6) is -0.786. The van der Waals surface area contributed by atoms with Crippen LogP contribution in [0.1, 0.15) is 290 Å². The highest BCUT2D eigenvalue weighted by molar-refractivity contribution is 7.47. The number of nitrogens with zero attached hydrogens (tertiary/aromatic N) is 1. The average Bonchev–Trinajstić information content (AvgIpc) is 3.33. The first-order valence-corrected chi connectivity index (χ1v) is 31.7. The van der Waals surface area contributed by atoms with E-state index in [9.17, 15) is 19.0 Å². The molecule has 0 saturated heterocycles. The Bertz CT molecular complexity index is 1300. The van der Waals surface area contributed by atoms with Crippen LogP contribution in [0.15, 0.2) is 36.5 Å². The fourth-order valence-corrected chi connectivity index (χ4v) is 9.47. The van der Waals surface area contributed by atoms with Crippen molar-refractivity contribution >= 4 is 19.8 Å². The number of phosphoric acid groups is 1. The van der Waals surface area contributed by atoms with Crippen LogP contribution >= 0.6 is 7.82 Å². The van der Waals surface area contributed by atoms with Gasteiger partial charge in [-0.1, -0.05) is 262 Å². The summed E-state index contributed by atoms with van der Waals surface area (Å²) in [7, 11) is 1.49. The number of hydrogen-bond donors (Lipinski definition) is 1. The third kappa shape index (κ3) is 57.4. The van der Waals surface area contributed by atoms with Crippen molar-refractivity contribution in [3.63, 3.8) is 0 Å². The molecule has 0 amide bonds. The van der Waals surface area contributed by atoms with E-state index in [0.29, 0.717) is 23.9 Å². The quantitative estimate of drug-likeness (QED) is 0.0211. The number of ether oxygens (including phenoxy) is 2. The predicted octanol–water partition coefficient (Wildman–Crippen LogP) is 18.8. The molecular weight excluding hydrogens is 906 g/mol. The van der Waals surface area contributed by atoms with E-state index in [-0.39, 0.29) is 25.6 Å². The van der Waals surface area contributed by atoms with Gasteiger partial charge in [0.15, 0.2) is 6.10 Å². The van der Waals surface area contributed by atoms with Crippen LogP contribution in [0.4, 0.5) is 0 Å². The molecule has 0 saturated carbocycles. The molecule has 1 N–H and O–H groups in total. The van der Waals surface area contributed by atoms with Gasteiger partial charge in [-0.25, -0.2) is 4.57 Å². The number of quaternary nitrogens is 1. The number of unbranched alkanes of at least 4 members (excludes halogenated alkanes) is 36. The van der Waals surface area contributed by atoms with E-state index in [1.54, 1.807) is 0 Å². The molecule has 0 aromatic heterocycles. The van der Waals surface area contributed by atoms with Gasteiger partial charge in [-0.05, 0) is 51.4 Å². The first-order chi connectivity index (χ1) is 34.5. The lowest BCUT2D eigenvalue weighted by Crippen LogP contribution is -2.37. The van der Waals surface area contributed by atoms with E-state index < -0.39 is 26.5 Å². The van der Waals surface area contributed by atoms with Crippen molar-refractivity contribution in [1.29, 1.82) is 0 Å². The first kappa shape index (κ1) is 69.2. The minimum absolute atomic E-state index is 0.0348. The van der Waals surface area contributed by atoms with Gasteiger partial charge < -0.3 is 18.9 Å². The Morgan fingerprint density at radius 2 is 0.761 bits per heavy atom. The number of likely N-dealkylation sites (N-methyl/N-ethyl adjacent to an activating group) is 1. The summed E-state index contributed by atoms with van der Waals surface area (Å²) >= 11 is 0. The van der Waals surface area contributed by atoms with Gasteiger partial charge in [0.05, 0.1) is 27.7 Å². The predicted molar refractivity (Wildman–Crippen MR) is 303 cm³/mol. The second-order valence-electron chi connectivity index (χ2n) is 21.7. The molecule has 0 aromatic rings. The van der Waals surface area contributed by atoms with Crippen molar-refractivity contribution in [2.24, 2.45) is 0 Å². The number of esters is 2. The van der Waals surface area contributed by atoms with Gasteiger partial charge in [0, 0.05) is 12.8 Å². The Labute approximate surface area is 440 Å². The molecule has 418 valence electrons. The molecule has 0 rings (SSSR count). The average molecular weight is 1020 g/mol. The molecule has 0 radical (unpaired) electrons. The summed E-state index contributed by atoms with van der Waals surface area (Å²) in [4.78, 5) is 35.5. The summed E-state index contributed by atoms with van der Waals surface area (Å²) in [5.41, 5.74) is 0. The SMILES string of the molecule is CCCCCCC/C=C\C/C=C\C/C=C\CCCCCCCCCCCCCCCCCCCCCCCCC(=O)OC(COC(=O)CCCCCCCCCCCC)COP(=O)(O)OCC[N+](C)(C)C. The number of phosphoric ester groups is 1. The zero-order chi connectivity index (χ0) is 52.0. The van der Waals surface area contributed by atoms with E-state index in [1.807, 2.05) is 21.1 Å². The van der Waals surface area contributed by atoms with Crippen LogP contribution in [0.3, 0.4) is 0 Å². The van der Waals surface area contributed by atoms with Crippen LogP contribution in [0.5, 0.6) is 0 Å². The maximum absolute atomic E-state index is 12.8. The second kappa shape index (κ2) is 53.1. The summed E-state index contributed by atoms with van der Waals surface area (Å²) in [6.45, 7) is 4.44. The summed E-state index contributed by atoms with van der Waals surface area (Å²) in [6.07, 6.45) is 65.4. The molecular formula is C61H117NO8P+. The Morgan fingerprint density at radius 3 is 1.13 bits per heavy atom. The molecule has 71 heavy (non-hydrogen) atoms. The Balaban J connectivity index is 3.87. The van der Waals surface area contributed by atoms with E-state index in [1.165, 1.54) is 212 Å². The van der Waals surface area contributed by atoms with Crippen molar-refractivity contribution in [2.75, 3.05) is 47.5 Å². The van der Waals surface area contributed by atoms with Gasteiger partial charge in [-0.15, -0.1) is 0 Å². The van der Waals surface area contributed by atoms with Gasteiger partial charge in [-0.3, -0.25) is 18.6 Å². The molecule has 0 spiro atoms. The fourth-order valence-electron chi connectivity index (χ4n) is 8.73. The van der Waals surface area contributed by atoms with Crippen LogP contribution in [0.25, 0.3) is 0 Å². The summed E-state index contributed by atoms with van der Waals surface area (Å²) in [6, 6.07) is 0. The molecule has 0 aliphatic rings. The summed E-state index contributed by atoms with van der Waals surface area (Å²) in [5, 5.41) is 0. The molecule has 0 fully saturated rings. The van der Waals surface area contributed by atoms with Gasteiger partial charge in [-0.2, -0.15) is 0 Å². The molecule has 0 aliphatic heterocycles. The Hall–Kier alpha value is -1.77. The molecule has 9 nitrogen and oxygen atoms in total. The van der Waals surface area contributed by atoms with Crippen molar-refractivity contribution in [3.8, 4) is 0 Å². The Kier molecular flexibility index (Phi) is 51.7. The first-order valence-electron chi connectivity index (χ1n) is 30.2. The van der Waals surface area contributed by atoms with E-state index in [4.69, 9.17) is 18.5 Å². The highest BCUT2D eigenvalue weighted by atomic mass is 31.2. The number of rotatable bonds is 56. The second-order valence-corrected chi connectivity index (χ2v) is 23.2. The highest BCUT2D eigenvalue weighted by Gasteiger charge is 2.27. The standard InChI is InChI=1S/C61H116NO8P/c1-6-8-10-12-14-16-18-19-20-21-22-23-24-25-26-27-28-29-30-31-32-33-34-35-36-37-38-39-40-41-42-43-44-46-48-50-52-54-61(64)70-59(58-69-71(65,66)68-56-55-62(3,4)5)57-67-60(63)53-51-49-47-45-17-15-13-11-9-7-2/h18-19,21-22,24-25,59H,6-17,20,23,26-58H2,1-5H3/p+1/b19-18-,22-21-,25-24-. The third-order valence-electron chi connectivity index (χ3n) is 13.4. The molecule has 0 aromatic carbocycles. The smallest absolute Gasteiger partial charge is 0.462 e. The monoisotopic (exact) mass is 1020 g/mol. The van der Waals surface area contributed by atoms with Crippen molar-refractivity contribution in [3.05, 3.63) is 36.5 Å². The Morgan fingerprint density at radius 1 is 0.437 bits per heavy atom. The van der Waals surface area contributed by atoms with Gasteiger partial charge in [0.1, 0.15) is 19.8 Å². The highest BCUT2D eigenvalue weighted by Crippen LogP contribution is 2.43. The maximum atomic E-state index is 12.8. The number of carbonyl (C=O) groups is 2. The zero-order valence-electron chi connectivity index (χ0n) is 47.5. The minimum atomic E-state index is -4.37. The van der Waals surface area contributed by atoms with Crippen LogP contribution in [0.2, 0.25) is 0 Å². The number of allylic oxidation sites excluding steroid dienone is 6. The molecule has 0 heterocycles. The minimum Gasteiger partial charge on any atom is -0.462 e. The maximum Gasteiger partial charge on any atom is 0.472 e. The molecule has 0 aliphatic carbocycles. The largest absolute Gasteiger partial charge is 0.472 e. The van der Waals surface area contributed by atoms with E-state index in [0.717, 1.165) is 44.9 Å². The summed E-state index contributed by atoms with van der Waals surface area (Å²) < 4.78 is 34.5. The van der Waals surface area contributed by atoms with Crippen molar-refractivity contribution < 1.29 is 42.1 Å². The number of hydrogen-bond acceptors (Lipinski definition) is 7. The van der Waals surface area contributed by atoms with Crippen LogP contribution in [-0.2, 0) is 32.7 Å². The normalized spacial score (nSPS) is 13.5. The van der Waals surface area contributed by atoms with Gasteiger partial charge in [0.25, 0.3) is 0 Å². The van der Waals surface area contributed by atoms with Crippen molar-refractivity contribution in [2.45, 2.75) is 296 Å². The topological polar surface area (TPSA) is 108 Å². The lowest BCUT2D eigenvalue weighted by Gasteiger charge is -2.24. The molecule has 2 atom stereocenters. The molecule has 0 bridgehead atoms. The molecule has 10 heteroatoms. The van der Waals surface area contributed by atoms with Crippen LogP contribution in [0, 0.1) is 0 Å². The zero-order valence-corrected chi connectivity index (χ0v) is 48.4. The van der Waals surface area contributed by atoms with Crippen LogP contribution < -0.4 is 0 Å². The third-order valence-corrected chi connectivity index (χ3v) is 14.4. The van der Waals surface area contributed by atoms with Gasteiger partial charge in [0.2, 0.25) is 0 Å². The van der Waals surface area contributed by atoms with E-state index >= 15 is 0 Å². The van der Waals surface area contributed by atoms with Gasteiger partial charge >= 0.3 is 19.8 Å². The molecule has 2 unspecified atom stereocenters. The number of carbonyl (C=O) groups excluding carboxylic acids is 2.